The monoisotopic (exact) mass is 417 g/mol. The number of benzene rings is 2. The smallest absolute Gasteiger partial charge is 0.0995 e. The lowest BCUT2D eigenvalue weighted by Crippen LogP contribution is -2.46. The fourth-order valence-corrected chi connectivity index (χ4v) is 4.56. The van der Waals surface area contributed by atoms with Crippen LogP contribution in [0.25, 0.3) is 0 Å². The van der Waals surface area contributed by atoms with Crippen LogP contribution in [0.1, 0.15) is 36.5 Å². The van der Waals surface area contributed by atoms with Crippen molar-refractivity contribution in [2.75, 3.05) is 69.2 Å². The Hall–Kier alpha value is -2.55. The van der Waals surface area contributed by atoms with Crippen molar-refractivity contribution in [3.63, 3.8) is 0 Å². The normalized spacial score (nSPS) is 18.4. The second-order valence-corrected chi connectivity index (χ2v) is 9.25. The number of nitriles is 1. The van der Waals surface area contributed by atoms with Crippen LogP contribution in [-0.4, -0.2) is 69.2 Å². The second kappa shape index (κ2) is 9.72. The van der Waals surface area contributed by atoms with Gasteiger partial charge in [-0.05, 0) is 54.4 Å². The molecule has 2 heterocycles. The Morgan fingerprint density at radius 1 is 0.806 bits per heavy atom. The minimum absolute atomic E-state index is 0.571. The van der Waals surface area contributed by atoms with Gasteiger partial charge in [0.15, 0.2) is 0 Å². The lowest BCUT2D eigenvalue weighted by atomic mass is 10.0. The number of anilines is 2. The van der Waals surface area contributed by atoms with Gasteiger partial charge in [0.2, 0.25) is 0 Å². The average Bonchev–Trinajstić information content (AvgIpc) is 2.80. The van der Waals surface area contributed by atoms with Crippen molar-refractivity contribution >= 4 is 11.4 Å². The summed E-state index contributed by atoms with van der Waals surface area (Å²) in [5.41, 5.74) is 5.94. The predicted molar refractivity (Wildman–Crippen MR) is 129 cm³/mol. The average molecular weight is 418 g/mol. The van der Waals surface area contributed by atoms with E-state index < -0.39 is 0 Å². The van der Waals surface area contributed by atoms with Crippen molar-refractivity contribution in [2.24, 2.45) is 0 Å². The molecule has 0 aromatic heterocycles. The summed E-state index contributed by atoms with van der Waals surface area (Å²) < 4.78 is 0. The van der Waals surface area contributed by atoms with Crippen LogP contribution in [0.2, 0.25) is 0 Å². The van der Waals surface area contributed by atoms with Gasteiger partial charge in [-0.2, -0.15) is 5.26 Å². The lowest BCUT2D eigenvalue weighted by molar-refractivity contribution is 0.249. The molecule has 0 N–H and O–H groups in total. The van der Waals surface area contributed by atoms with Crippen LogP contribution in [-0.2, 0) is 6.54 Å². The summed E-state index contributed by atoms with van der Waals surface area (Å²) in [5.74, 6) is 0.571. The second-order valence-electron chi connectivity index (χ2n) is 9.25. The third-order valence-corrected chi connectivity index (χ3v) is 6.77. The molecule has 2 fully saturated rings. The summed E-state index contributed by atoms with van der Waals surface area (Å²) in [5, 5.41) is 9.64. The maximum absolute atomic E-state index is 9.64. The number of hydrogen-bond acceptors (Lipinski definition) is 5. The van der Waals surface area contributed by atoms with Crippen molar-refractivity contribution in [2.45, 2.75) is 26.3 Å². The first-order valence-corrected chi connectivity index (χ1v) is 11.6. The van der Waals surface area contributed by atoms with E-state index in [2.05, 4.69) is 83.0 Å². The minimum atomic E-state index is 0.571. The highest BCUT2D eigenvalue weighted by Crippen LogP contribution is 2.24. The summed E-state index contributed by atoms with van der Waals surface area (Å²) in [6.07, 6.45) is 0. The van der Waals surface area contributed by atoms with Gasteiger partial charge in [-0.25, -0.2) is 0 Å². The first-order valence-electron chi connectivity index (χ1n) is 11.6. The summed E-state index contributed by atoms with van der Waals surface area (Å²) in [6, 6.07) is 17.8. The number of piperazine rings is 2. The van der Waals surface area contributed by atoms with Gasteiger partial charge in [-0.15, -0.1) is 0 Å². The van der Waals surface area contributed by atoms with E-state index in [0.29, 0.717) is 5.92 Å². The molecule has 0 amide bonds. The molecule has 5 heteroatoms. The molecule has 2 aliphatic heterocycles. The molecular weight excluding hydrogens is 382 g/mol. The zero-order chi connectivity index (χ0) is 21.8. The zero-order valence-corrected chi connectivity index (χ0v) is 19.2. The van der Waals surface area contributed by atoms with Crippen molar-refractivity contribution in [3.05, 3.63) is 59.2 Å². The summed E-state index contributed by atoms with van der Waals surface area (Å²) in [7, 11) is 2.18. The predicted octanol–water partition coefficient (Wildman–Crippen LogP) is 3.76. The maximum Gasteiger partial charge on any atom is 0.0995 e. The van der Waals surface area contributed by atoms with Crippen LogP contribution in [0.5, 0.6) is 0 Å². The molecule has 0 atom stereocenters. The van der Waals surface area contributed by atoms with Crippen LogP contribution >= 0.6 is 0 Å². The molecule has 4 rings (SSSR count). The van der Waals surface area contributed by atoms with Crippen molar-refractivity contribution in [3.8, 4) is 6.07 Å². The van der Waals surface area contributed by atoms with Crippen molar-refractivity contribution in [1.82, 2.24) is 9.80 Å². The van der Waals surface area contributed by atoms with Crippen molar-refractivity contribution < 1.29 is 0 Å². The molecule has 0 aliphatic carbocycles. The van der Waals surface area contributed by atoms with E-state index >= 15 is 0 Å². The Kier molecular flexibility index (Phi) is 6.80. The molecule has 2 aliphatic rings. The zero-order valence-electron chi connectivity index (χ0n) is 19.2. The number of rotatable bonds is 5. The fourth-order valence-electron chi connectivity index (χ4n) is 4.56. The van der Waals surface area contributed by atoms with Gasteiger partial charge in [0.25, 0.3) is 0 Å². The van der Waals surface area contributed by atoms with Gasteiger partial charge in [0, 0.05) is 70.3 Å². The molecule has 164 valence electrons. The van der Waals surface area contributed by atoms with Gasteiger partial charge >= 0.3 is 0 Å². The molecule has 0 saturated carbocycles. The molecule has 2 aromatic carbocycles. The molecule has 31 heavy (non-hydrogen) atoms. The third kappa shape index (κ3) is 5.20. The topological polar surface area (TPSA) is 36.8 Å². The molecule has 2 aromatic rings. The van der Waals surface area contributed by atoms with Crippen LogP contribution < -0.4 is 9.80 Å². The van der Waals surface area contributed by atoms with Crippen LogP contribution in [0.15, 0.2) is 42.5 Å². The largest absolute Gasteiger partial charge is 0.369 e. The highest BCUT2D eigenvalue weighted by Gasteiger charge is 2.20. The lowest BCUT2D eigenvalue weighted by Gasteiger charge is -2.37. The van der Waals surface area contributed by atoms with Crippen LogP contribution in [0, 0.1) is 11.3 Å². The number of hydrogen-bond donors (Lipinski definition) is 0. The quantitative estimate of drug-likeness (QED) is 0.741. The molecule has 0 spiro atoms. The Morgan fingerprint density at radius 3 is 2.00 bits per heavy atom. The molecule has 0 radical (unpaired) electrons. The summed E-state index contributed by atoms with van der Waals surface area (Å²) >= 11 is 0. The van der Waals surface area contributed by atoms with E-state index in [4.69, 9.17) is 0 Å². The number of nitrogens with zero attached hydrogens (tertiary/aromatic N) is 5. The summed E-state index contributed by atoms with van der Waals surface area (Å²) in [4.78, 5) is 9.79. The first kappa shape index (κ1) is 21.7. The first-order chi connectivity index (χ1) is 15.0. The molecular formula is C26H35N5. The maximum atomic E-state index is 9.64. The summed E-state index contributed by atoms with van der Waals surface area (Å²) in [6.45, 7) is 13.7. The Morgan fingerprint density at radius 2 is 1.39 bits per heavy atom. The number of likely N-dealkylation sites (N-methyl/N-ethyl adjacent to an activating group) is 1. The molecule has 5 nitrogen and oxygen atoms in total. The fraction of sp³-hybridized carbons (Fsp3) is 0.500. The SMILES string of the molecule is CC(C)c1ccc(N2CCN(Cc3cc(N4CCN(C)CC4)ccc3C#N)CC2)cc1. The minimum Gasteiger partial charge on any atom is -0.369 e. The van der Waals surface area contributed by atoms with Gasteiger partial charge in [0.1, 0.15) is 0 Å². The molecule has 2 saturated heterocycles. The van der Waals surface area contributed by atoms with E-state index in [-0.39, 0.29) is 0 Å². The van der Waals surface area contributed by atoms with E-state index in [1.165, 1.54) is 16.9 Å². The van der Waals surface area contributed by atoms with E-state index in [1.54, 1.807) is 0 Å². The van der Waals surface area contributed by atoms with E-state index in [0.717, 1.165) is 70.0 Å². The Labute approximate surface area is 187 Å². The van der Waals surface area contributed by atoms with Crippen LogP contribution in [0.4, 0.5) is 11.4 Å². The highest BCUT2D eigenvalue weighted by atomic mass is 15.3. The van der Waals surface area contributed by atoms with Gasteiger partial charge in [-0.3, -0.25) is 4.90 Å². The van der Waals surface area contributed by atoms with E-state index in [1.807, 2.05) is 6.07 Å². The third-order valence-electron chi connectivity index (χ3n) is 6.77. The van der Waals surface area contributed by atoms with Crippen molar-refractivity contribution in [1.29, 1.82) is 5.26 Å². The Bertz CT molecular complexity index is 898. The van der Waals surface area contributed by atoms with E-state index in [9.17, 15) is 5.26 Å². The van der Waals surface area contributed by atoms with Gasteiger partial charge < -0.3 is 14.7 Å². The van der Waals surface area contributed by atoms with Crippen LogP contribution in [0.3, 0.4) is 0 Å². The van der Waals surface area contributed by atoms with Gasteiger partial charge in [0.05, 0.1) is 11.6 Å². The Balaban J connectivity index is 1.38. The molecule has 0 bridgehead atoms. The molecule has 0 unspecified atom stereocenters. The standard InChI is InChI=1S/C26H35N5/c1-21(2)22-4-7-25(8-5-22)30-16-12-29(13-17-30)20-24-18-26(9-6-23(24)19-27)31-14-10-28(3)11-15-31/h4-9,18,21H,10-17,20H2,1-3H3. The van der Waals surface area contributed by atoms with Gasteiger partial charge in [-0.1, -0.05) is 26.0 Å². The highest BCUT2D eigenvalue weighted by molar-refractivity contribution is 5.54.